The van der Waals surface area contributed by atoms with Crippen molar-refractivity contribution in [1.29, 1.82) is 0 Å². The van der Waals surface area contributed by atoms with Gasteiger partial charge in [-0.2, -0.15) is 26.3 Å². The Balaban J connectivity index is 1.78. The van der Waals surface area contributed by atoms with Crippen LogP contribution in [0.3, 0.4) is 0 Å². The zero-order chi connectivity index (χ0) is 24.3. The van der Waals surface area contributed by atoms with E-state index in [0.29, 0.717) is 38.1 Å². The summed E-state index contributed by atoms with van der Waals surface area (Å²) in [6.07, 6.45) is -8.63. The van der Waals surface area contributed by atoms with Crippen LogP contribution in [0.25, 0.3) is 0 Å². The molecule has 10 heteroatoms. The fourth-order valence-corrected chi connectivity index (χ4v) is 4.04. The molecule has 0 atom stereocenters. The smallest absolute Gasteiger partial charge is 0.376 e. The average Bonchev–Trinajstić information content (AvgIpc) is 2.74. The number of alkyl halides is 6. The van der Waals surface area contributed by atoms with E-state index in [0.717, 1.165) is 5.56 Å². The SMILES string of the molecule is CC(=O)NN1CCC(COCc2cc(C(F)(F)F)cc(C(F)(F)F)c2)(c2ccccc2)CC1. The van der Waals surface area contributed by atoms with E-state index in [1.807, 2.05) is 30.3 Å². The van der Waals surface area contributed by atoms with Crippen LogP contribution in [0, 0.1) is 0 Å². The van der Waals surface area contributed by atoms with Crippen LogP contribution in [0.4, 0.5) is 26.3 Å². The number of carbonyl (C=O) groups excluding carboxylic acids is 1. The van der Waals surface area contributed by atoms with Crippen LogP contribution >= 0.6 is 0 Å². The zero-order valence-corrected chi connectivity index (χ0v) is 17.9. The van der Waals surface area contributed by atoms with E-state index >= 15 is 0 Å². The fraction of sp³-hybridized carbons (Fsp3) is 0.435. The number of piperidine rings is 1. The van der Waals surface area contributed by atoms with Gasteiger partial charge >= 0.3 is 12.4 Å². The summed E-state index contributed by atoms with van der Waals surface area (Å²) in [5.74, 6) is -0.191. The molecule has 180 valence electrons. The van der Waals surface area contributed by atoms with Gasteiger partial charge < -0.3 is 4.74 Å². The quantitative estimate of drug-likeness (QED) is 0.576. The predicted molar refractivity (Wildman–Crippen MR) is 109 cm³/mol. The number of hydrazine groups is 1. The molecule has 1 aliphatic heterocycles. The second-order valence-corrected chi connectivity index (χ2v) is 8.21. The van der Waals surface area contributed by atoms with Crippen LogP contribution in [0.2, 0.25) is 0 Å². The Labute approximate surface area is 187 Å². The Morgan fingerprint density at radius 2 is 1.52 bits per heavy atom. The maximum Gasteiger partial charge on any atom is 0.416 e. The Hall–Kier alpha value is -2.59. The third kappa shape index (κ3) is 6.48. The summed E-state index contributed by atoms with van der Waals surface area (Å²) in [6, 6.07) is 10.9. The summed E-state index contributed by atoms with van der Waals surface area (Å²) < 4.78 is 84.4. The minimum atomic E-state index is -4.90. The molecule has 2 aromatic carbocycles. The van der Waals surface area contributed by atoms with Crippen LogP contribution in [-0.4, -0.2) is 30.6 Å². The number of halogens is 6. The molecule has 3 rings (SSSR count). The van der Waals surface area contributed by atoms with Crippen LogP contribution in [0.5, 0.6) is 0 Å². The Morgan fingerprint density at radius 3 is 2.00 bits per heavy atom. The first-order valence-electron chi connectivity index (χ1n) is 10.3. The largest absolute Gasteiger partial charge is 0.416 e. The van der Waals surface area contributed by atoms with Gasteiger partial charge in [0.2, 0.25) is 5.91 Å². The van der Waals surface area contributed by atoms with Crippen molar-refractivity contribution in [3.63, 3.8) is 0 Å². The van der Waals surface area contributed by atoms with Gasteiger partial charge in [0.15, 0.2) is 0 Å². The molecule has 1 N–H and O–H groups in total. The van der Waals surface area contributed by atoms with E-state index in [-0.39, 0.29) is 24.1 Å². The van der Waals surface area contributed by atoms with Gasteiger partial charge in [-0.25, -0.2) is 5.01 Å². The van der Waals surface area contributed by atoms with Crippen molar-refractivity contribution in [1.82, 2.24) is 10.4 Å². The van der Waals surface area contributed by atoms with Gasteiger partial charge in [-0.05, 0) is 42.2 Å². The van der Waals surface area contributed by atoms with Crippen LogP contribution in [0.1, 0.15) is 42.0 Å². The lowest BCUT2D eigenvalue weighted by Crippen LogP contribution is -2.51. The van der Waals surface area contributed by atoms with Crippen molar-refractivity contribution in [2.45, 2.75) is 44.1 Å². The highest BCUT2D eigenvalue weighted by Crippen LogP contribution is 2.38. The topological polar surface area (TPSA) is 41.6 Å². The molecule has 1 heterocycles. The number of nitrogens with zero attached hydrogens (tertiary/aromatic N) is 1. The van der Waals surface area contributed by atoms with Crippen LogP contribution < -0.4 is 5.43 Å². The second kappa shape index (κ2) is 9.72. The molecule has 1 fully saturated rings. The third-order valence-electron chi connectivity index (χ3n) is 5.72. The van der Waals surface area contributed by atoms with E-state index in [1.54, 1.807) is 5.01 Å². The Bertz CT molecular complexity index is 919. The Morgan fingerprint density at radius 1 is 0.970 bits per heavy atom. The molecule has 0 aromatic heterocycles. The predicted octanol–water partition coefficient (Wildman–Crippen LogP) is 5.33. The fourth-order valence-electron chi connectivity index (χ4n) is 4.04. The Kier molecular flexibility index (Phi) is 7.38. The minimum Gasteiger partial charge on any atom is -0.376 e. The standard InChI is InChI=1S/C23H24F6N2O2/c1-16(32)30-31-9-7-21(8-10-31,18-5-3-2-4-6-18)15-33-14-17-11-19(22(24,25)26)13-20(12-17)23(27,28)29/h2-6,11-13H,7-10,14-15H2,1H3,(H,30,32). The van der Waals surface area contributed by atoms with Gasteiger partial charge in [-0.15, -0.1) is 0 Å². The summed E-state index contributed by atoms with van der Waals surface area (Å²) in [5.41, 5.74) is 0.293. The van der Waals surface area contributed by atoms with Gasteiger partial charge in [-0.1, -0.05) is 30.3 Å². The summed E-state index contributed by atoms with van der Waals surface area (Å²) in [7, 11) is 0. The monoisotopic (exact) mass is 474 g/mol. The van der Waals surface area contributed by atoms with Gasteiger partial charge in [0, 0.05) is 25.4 Å². The first-order chi connectivity index (χ1) is 15.4. The second-order valence-electron chi connectivity index (χ2n) is 8.21. The molecule has 2 aromatic rings. The third-order valence-corrected chi connectivity index (χ3v) is 5.72. The van der Waals surface area contributed by atoms with Crippen molar-refractivity contribution in [2.24, 2.45) is 0 Å². The summed E-state index contributed by atoms with van der Waals surface area (Å²) in [6.45, 7) is 2.19. The summed E-state index contributed by atoms with van der Waals surface area (Å²) >= 11 is 0. The van der Waals surface area contributed by atoms with Crippen LogP contribution in [-0.2, 0) is 33.9 Å². The van der Waals surface area contributed by atoms with Crippen molar-refractivity contribution in [2.75, 3.05) is 19.7 Å². The van der Waals surface area contributed by atoms with Gasteiger partial charge in [0.05, 0.1) is 24.3 Å². The molecule has 1 aliphatic rings. The molecule has 1 saturated heterocycles. The van der Waals surface area contributed by atoms with Crippen molar-refractivity contribution >= 4 is 5.91 Å². The van der Waals surface area contributed by atoms with E-state index in [1.165, 1.54) is 6.92 Å². The van der Waals surface area contributed by atoms with Crippen molar-refractivity contribution in [3.8, 4) is 0 Å². The summed E-state index contributed by atoms with van der Waals surface area (Å²) in [5, 5.41) is 1.78. The highest BCUT2D eigenvalue weighted by molar-refractivity contribution is 5.72. The minimum absolute atomic E-state index is 0.104. The number of hydrogen-bond donors (Lipinski definition) is 1. The zero-order valence-electron chi connectivity index (χ0n) is 17.9. The lowest BCUT2D eigenvalue weighted by molar-refractivity contribution is -0.143. The van der Waals surface area contributed by atoms with Crippen LogP contribution in [0.15, 0.2) is 48.5 Å². The molecule has 1 amide bonds. The molecule has 0 aliphatic carbocycles. The first kappa shape index (κ1) is 25.0. The number of nitrogens with one attached hydrogen (secondary N) is 1. The highest BCUT2D eigenvalue weighted by atomic mass is 19.4. The van der Waals surface area contributed by atoms with E-state index in [2.05, 4.69) is 5.43 Å². The maximum atomic E-state index is 13.1. The van der Waals surface area contributed by atoms with Gasteiger partial charge in [0.25, 0.3) is 0 Å². The van der Waals surface area contributed by atoms with E-state index in [9.17, 15) is 31.1 Å². The molecule has 0 saturated carbocycles. The van der Waals surface area contributed by atoms with E-state index < -0.39 is 35.5 Å². The molecule has 0 radical (unpaired) electrons. The molecule has 0 bridgehead atoms. The molecular weight excluding hydrogens is 450 g/mol. The van der Waals surface area contributed by atoms with E-state index in [4.69, 9.17) is 4.74 Å². The molecule has 0 spiro atoms. The first-order valence-corrected chi connectivity index (χ1v) is 10.3. The number of ether oxygens (including phenoxy) is 1. The van der Waals surface area contributed by atoms with Gasteiger partial charge in [0.1, 0.15) is 0 Å². The van der Waals surface area contributed by atoms with Gasteiger partial charge in [-0.3, -0.25) is 10.2 Å². The van der Waals surface area contributed by atoms with Crippen molar-refractivity contribution < 1.29 is 35.9 Å². The molecular formula is C23H24F6N2O2. The summed E-state index contributed by atoms with van der Waals surface area (Å²) in [4.78, 5) is 11.3. The number of amides is 1. The molecule has 4 nitrogen and oxygen atoms in total. The lowest BCUT2D eigenvalue weighted by atomic mass is 9.73. The number of hydrogen-bond acceptors (Lipinski definition) is 3. The maximum absolute atomic E-state index is 13.1. The highest BCUT2D eigenvalue weighted by Gasteiger charge is 2.38. The normalized spacial score (nSPS) is 17.1. The number of benzene rings is 2. The average molecular weight is 474 g/mol. The molecule has 33 heavy (non-hydrogen) atoms. The number of rotatable bonds is 6. The lowest BCUT2D eigenvalue weighted by Gasteiger charge is -2.42. The number of carbonyl (C=O) groups is 1. The van der Waals surface area contributed by atoms with Crippen molar-refractivity contribution in [3.05, 3.63) is 70.8 Å². The molecule has 0 unspecified atom stereocenters.